The molecule has 1 aliphatic heterocycles. The van der Waals surface area contributed by atoms with Crippen LogP contribution in [0, 0.1) is 10.1 Å². The standard InChI is InChI=1S/C23H24N6O5/c1-16(30)26-7-9-27(10-8-26)18-5-6-21-20(12-18)23(32)28(15-25-21)14-22(31)24-13-17-3-2-4-19(11-17)29(33)34/h2-6,11-12,15H,7-10,13-14H2,1H3,(H,24,31). The number of hydrogen-bond acceptors (Lipinski definition) is 7. The normalized spacial score (nSPS) is 13.7. The van der Waals surface area contributed by atoms with Gasteiger partial charge in [0, 0.05) is 57.5 Å². The number of nitro groups is 1. The van der Waals surface area contributed by atoms with Gasteiger partial charge in [-0.15, -0.1) is 0 Å². The number of carbonyl (C=O) groups is 2. The van der Waals surface area contributed by atoms with E-state index in [1.807, 2.05) is 6.07 Å². The van der Waals surface area contributed by atoms with E-state index < -0.39 is 10.8 Å². The van der Waals surface area contributed by atoms with Crippen molar-refractivity contribution in [1.29, 1.82) is 0 Å². The average Bonchev–Trinajstić information content (AvgIpc) is 2.84. The monoisotopic (exact) mass is 464 g/mol. The third-order valence-electron chi connectivity index (χ3n) is 5.82. The molecule has 1 N–H and O–H groups in total. The molecule has 0 saturated carbocycles. The number of anilines is 1. The molecule has 34 heavy (non-hydrogen) atoms. The van der Waals surface area contributed by atoms with Crippen molar-refractivity contribution < 1.29 is 14.5 Å². The molecule has 176 valence electrons. The Bertz CT molecular complexity index is 1310. The number of nitro benzene ring substituents is 1. The molecule has 0 atom stereocenters. The lowest BCUT2D eigenvalue weighted by molar-refractivity contribution is -0.384. The maximum atomic E-state index is 13.0. The van der Waals surface area contributed by atoms with E-state index in [-0.39, 0.29) is 30.2 Å². The van der Waals surface area contributed by atoms with Gasteiger partial charge in [-0.25, -0.2) is 4.98 Å². The highest BCUT2D eigenvalue weighted by molar-refractivity contribution is 5.82. The lowest BCUT2D eigenvalue weighted by Gasteiger charge is -2.35. The summed E-state index contributed by atoms with van der Waals surface area (Å²) < 4.78 is 1.24. The molecule has 1 saturated heterocycles. The zero-order chi connectivity index (χ0) is 24.2. The molecule has 0 spiro atoms. The number of nitrogens with one attached hydrogen (secondary N) is 1. The molecule has 0 bridgehead atoms. The van der Waals surface area contributed by atoms with Crippen molar-refractivity contribution in [3.63, 3.8) is 0 Å². The van der Waals surface area contributed by atoms with Gasteiger partial charge in [0.25, 0.3) is 11.2 Å². The quantitative estimate of drug-likeness (QED) is 0.430. The van der Waals surface area contributed by atoms with Crippen LogP contribution in [0.4, 0.5) is 11.4 Å². The summed E-state index contributed by atoms with van der Waals surface area (Å²) in [6.07, 6.45) is 1.34. The van der Waals surface area contributed by atoms with Crippen molar-refractivity contribution in [3.8, 4) is 0 Å². The number of nitrogens with zero attached hydrogens (tertiary/aromatic N) is 5. The first-order valence-electron chi connectivity index (χ1n) is 10.8. The van der Waals surface area contributed by atoms with Gasteiger partial charge < -0.3 is 15.1 Å². The molecule has 11 heteroatoms. The minimum absolute atomic E-state index is 0.0500. The van der Waals surface area contributed by atoms with Crippen LogP contribution in [0.5, 0.6) is 0 Å². The second-order valence-electron chi connectivity index (χ2n) is 8.08. The second kappa shape index (κ2) is 9.69. The molecule has 1 aromatic heterocycles. The first-order valence-corrected chi connectivity index (χ1v) is 10.8. The fraction of sp³-hybridized carbons (Fsp3) is 0.304. The van der Waals surface area contributed by atoms with E-state index in [2.05, 4.69) is 15.2 Å². The van der Waals surface area contributed by atoms with E-state index in [9.17, 15) is 24.5 Å². The van der Waals surface area contributed by atoms with Crippen LogP contribution < -0.4 is 15.8 Å². The topological polar surface area (TPSA) is 131 Å². The number of hydrogen-bond donors (Lipinski definition) is 1. The Kier molecular flexibility index (Phi) is 6.53. The minimum Gasteiger partial charge on any atom is -0.368 e. The van der Waals surface area contributed by atoms with Gasteiger partial charge in [-0.3, -0.25) is 29.1 Å². The van der Waals surface area contributed by atoms with Crippen molar-refractivity contribution >= 4 is 34.1 Å². The lowest BCUT2D eigenvalue weighted by Crippen LogP contribution is -2.48. The number of aromatic nitrogens is 2. The highest BCUT2D eigenvalue weighted by Gasteiger charge is 2.19. The summed E-state index contributed by atoms with van der Waals surface area (Å²) in [5.74, 6) is -0.361. The van der Waals surface area contributed by atoms with Crippen LogP contribution in [0.15, 0.2) is 53.6 Å². The summed E-state index contributed by atoms with van der Waals surface area (Å²) in [6.45, 7) is 4.01. The number of carbonyl (C=O) groups excluding carboxylic acids is 2. The first kappa shape index (κ1) is 22.9. The summed E-state index contributed by atoms with van der Waals surface area (Å²) in [4.78, 5) is 55.6. The summed E-state index contributed by atoms with van der Waals surface area (Å²) >= 11 is 0. The molecule has 2 heterocycles. The lowest BCUT2D eigenvalue weighted by atomic mass is 10.2. The van der Waals surface area contributed by atoms with Crippen molar-refractivity contribution in [2.45, 2.75) is 20.0 Å². The molecule has 4 rings (SSSR count). The Hall–Kier alpha value is -4.28. The Balaban J connectivity index is 1.45. The summed E-state index contributed by atoms with van der Waals surface area (Å²) in [6, 6.07) is 11.4. The second-order valence-corrected chi connectivity index (χ2v) is 8.08. The average molecular weight is 464 g/mol. The Morgan fingerprint density at radius 2 is 1.88 bits per heavy atom. The predicted molar refractivity (Wildman–Crippen MR) is 125 cm³/mol. The third-order valence-corrected chi connectivity index (χ3v) is 5.82. The van der Waals surface area contributed by atoms with Crippen LogP contribution in [0.1, 0.15) is 12.5 Å². The number of amides is 2. The van der Waals surface area contributed by atoms with Gasteiger partial charge >= 0.3 is 0 Å². The van der Waals surface area contributed by atoms with E-state index in [1.54, 1.807) is 36.1 Å². The van der Waals surface area contributed by atoms with E-state index >= 15 is 0 Å². The zero-order valence-electron chi connectivity index (χ0n) is 18.6. The molecule has 1 fully saturated rings. The molecule has 3 aromatic rings. The van der Waals surface area contributed by atoms with Gasteiger partial charge in [-0.05, 0) is 23.8 Å². The predicted octanol–water partition coefficient (Wildman–Crippen LogP) is 1.29. The fourth-order valence-corrected chi connectivity index (χ4v) is 3.93. The number of rotatable bonds is 6. The van der Waals surface area contributed by atoms with Gasteiger partial charge in [-0.2, -0.15) is 0 Å². The van der Waals surface area contributed by atoms with Crippen LogP contribution in [-0.4, -0.2) is 57.4 Å². The van der Waals surface area contributed by atoms with Crippen molar-refractivity contribution in [1.82, 2.24) is 19.8 Å². The van der Waals surface area contributed by atoms with Gasteiger partial charge in [0.05, 0.1) is 22.2 Å². The first-order chi connectivity index (χ1) is 16.3. The van der Waals surface area contributed by atoms with Crippen molar-refractivity contribution in [3.05, 3.63) is 74.8 Å². The molecule has 0 unspecified atom stereocenters. The fourth-order valence-electron chi connectivity index (χ4n) is 3.93. The zero-order valence-corrected chi connectivity index (χ0v) is 18.6. The van der Waals surface area contributed by atoms with Crippen LogP contribution in [-0.2, 0) is 22.7 Å². The number of fused-ring (bicyclic) bond motifs is 1. The van der Waals surface area contributed by atoms with E-state index in [1.165, 1.54) is 23.0 Å². The highest BCUT2D eigenvalue weighted by Crippen LogP contribution is 2.20. The molecule has 0 radical (unpaired) electrons. The van der Waals surface area contributed by atoms with Gasteiger partial charge in [0.15, 0.2) is 0 Å². The van der Waals surface area contributed by atoms with Gasteiger partial charge in [0.2, 0.25) is 11.8 Å². The molecule has 1 aliphatic rings. The largest absolute Gasteiger partial charge is 0.368 e. The van der Waals surface area contributed by atoms with Crippen LogP contribution in [0.25, 0.3) is 10.9 Å². The molecular weight excluding hydrogens is 440 g/mol. The summed E-state index contributed by atoms with van der Waals surface area (Å²) in [5.41, 5.74) is 1.59. The maximum Gasteiger partial charge on any atom is 0.269 e. The van der Waals surface area contributed by atoms with Crippen LogP contribution >= 0.6 is 0 Å². The third kappa shape index (κ3) is 5.03. The number of benzene rings is 2. The number of non-ortho nitro benzene ring substituents is 1. The van der Waals surface area contributed by atoms with Crippen molar-refractivity contribution in [2.24, 2.45) is 0 Å². The Morgan fingerprint density at radius 3 is 2.59 bits per heavy atom. The summed E-state index contributed by atoms with van der Waals surface area (Å²) in [7, 11) is 0. The van der Waals surface area contributed by atoms with Crippen LogP contribution in [0.2, 0.25) is 0 Å². The van der Waals surface area contributed by atoms with E-state index in [4.69, 9.17) is 0 Å². The smallest absolute Gasteiger partial charge is 0.269 e. The van der Waals surface area contributed by atoms with E-state index in [0.717, 1.165) is 5.69 Å². The SMILES string of the molecule is CC(=O)N1CCN(c2ccc3ncn(CC(=O)NCc4cccc([N+](=O)[O-])c4)c(=O)c3c2)CC1. The van der Waals surface area contributed by atoms with Gasteiger partial charge in [-0.1, -0.05) is 12.1 Å². The molecule has 2 amide bonds. The Morgan fingerprint density at radius 1 is 1.12 bits per heavy atom. The number of piperazine rings is 1. The molecule has 0 aliphatic carbocycles. The summed E-state index contributed by atoms with van der Waals surface area (Å²) in [5, 5.41) is 14.0. The minimum atomic E-state index is -0.497. The molecular formula is C23H24N6O5. The highest BCUT2D eigenvalue weighted by atomic mass is 16.6. The Labute approximate surface area is 194 Å². The maximum absolute atomic E-state index is 13.0. The van der Waals surface area contributed by atoms with Gasteiger partial charge in [0.1, 0.15) is 6.54 Å². The van der Waals surface area contributed by atoms with Crippen molar-refractivity contribution in [2.75, 3.05) is 31.1 Å². The van der Waals surface area contributed by atoms with E-state index in [0.29, 0.717) is 42.6 Å². The molecule has 11 nitrogen and oxygen atoms in total. The van der Waals surface area contributed by atoms with Crippen LogP contribution in [0.3, 0.4) is 0 Å². The molecule has 2 aromatic carbocycles.